The minimum atomic E-state index is -3.65. The van der Waals surface area contributed by atoms with E-state index in [0.29, 0.717) is 23.0 Å². The molecule has 6 nitrogen and oxygen atoms in total. The predicted molar refractivity (Wildman–Crippen MR) is 89.1 cm³/mol. The van der Waals surface area contributed by atoms with E-state index in [2.05, 4.69) is 14.9 Å². The molecule has 0 unspecified atom stereocenters. The summed E-state index contributed by atoms with van der Waals surface area (Å²) in [6.07, 6.45) is 0. The minimum absolute atomic E-state index is 0.197. The maximum absolute atomic E-state index is 12.5. The lowest BCUT2D eigenvalue weighted by Gasteiger charge is -2.08. The van der Waals surface area contributed by atoms with Crippen molar-refractivity contribution in [3.05, 3.63) is 46.7 Å². The zero-order valence-corrected chi connectivity index (χ0v) is 14.5. The van der Waals surface area contributed by atoms with Crippen LogP contribution in [0.2, 0.25) is 0 Å². The topological polar surface area (TPSA) is 85.1 Å². The molecule has 8 heteroatoms. The summed E-state index contributed by atoms with van der Waals surface area (Å²) in [7, 11) is -3.65. The van der Waals surface area contributed by atoms with E-state index in [4.69, 9.17) is 4.42 Å². The maximum atomic E-state index is 12.5. The van der Waals surface area contributed by atoms with E-state index in [9.17, 15) is 8.42 Å². The molecule has 1 aromatic carbocycles. The van der Waals surface area contributed by atoms with E-state index < -0.39 is 10.0 Å². The second-order valence-corrected chi connectivity index (χ2v) is 8.08. The molecule has 3 aromatic rings. The van der Waals surface area contributed by atoms with E-state index >= 15 is 0 Å². The van der Waals surface area contributed by atoms with Crippen LogP contribution in [0.5, 0.6) is 0 Å². The lowest BCUT2D eigenvalue weighted by molar-refractivity contribution is 0.533. The van der Waals surface area contributed by atoms with Gasteiger partial charge in [0.05, 0.1) is 5.56 Å². The maximum Gasteiger partial charge on any atom is 0.271 e. The number of aryl methyl sites for hydroxylation is 3. The van der Waals surface area contributed by atoms with Gasteiger partial charge in [0.1, 0.15) is 4.21 Å². The lowest BCUT2D eigenvalue weighted by atomic mass is 10.1. The van der Waals surface area contributed by atoms with Crippen LogP contribution in [0.15, 0.2) is 38.3 Å². The van der Waals surface area contributed by atoms with Crippen LogP contribution < -0.4 is 4.72 Å². The van der Waals surface area contributed by atoms with Crippen LogP contribution in [-0.2, 0) is 10.0 Å². The fourth-order valence-corrected chi connectivity index (χ4v) is 4.42. The Morgan fingerprint density at radius 3 is 2.35 bits per heavy atom. The third kappa shape index (κ3) is 3.43. The smallest absolute Gasteiger partial charge is 0.271 e. The lowest BCUT2D eigenvalue weighted by Crippen LogP contribution is -2.11. The van der Waals surface area contributed by atoms with Crippen molar-refractivity contribution in [3.63, 3.8) is 0 Å². The van der Waals surface area contributed by atoms with Gasteiger partial charge in [-0.25, -0.2) is 8.42 Å². The Labute approximate surface area is 138 Å². The molecule has 0 saturated carbocycles. The molecule has 0 spiro atoms. The van der Waals surface area contributed by atoms with Crippen molar-refractivity contribution in [2.24, 2.45) is 0 Å². The molecule has 0 radical (unpaired) electrons. The van der Waals surface area contributed by atoms with Crippen molar-refractivity contribution in [3.8, 4) is 11.5 Å². The summed E-state index contributed by atoms with van der Waals surface area (Å²) in [4.78, 5) is 0. The molecule has 0 atom stereocenters. The number of thiophene rings is 1. The van der Waals surface area contributed by atoms with Gasteiger partial charge in [-0.3, -0.25) is 4.72 Å². The van der Waals surface area contributed by atoms with E-state index in [-0.39, 0.29) is 4.21 Å². The number of benzene rings is 1. The number of anilines is 1. The fourth-order valence-electron chi connectivity index (χ4n) is 2.22. The Balaban J connectivity index is 1.89. The molecule has 2 aromatic heterocycles. The van der Waals surface area contributed by atoms with Gasteiger partial charge in [-0.1, -0.05) is 6.07 Å². The summed E-state index contributed by atoms with van der Waals surface area (Å²) >= 11 is 1.11. The number of hydrogen-bond donors (Lipinski definition) is 1. The molecule has 120 valence electrons. The monoisotopic (exact) mass is 349 g/mol. The van der Waals surface area contributed by atoms with E-state index in [0.717, 1.165) is 22.5 Å². The van der Waals surface area contributed by atoms with Gasteiger partial charge in [-0.2, -0.15) is 0 Å². The normalized spacial score (nSPS) is 11.6. The first-order chi connectivity index (χ1) is 10.8. The van der Waals surface area contributed by atoms with E-state index in [1.807, 2.05) is 19.9 Å². The fraction of sp³-hybridized carbons (Fsp3) is 0.200. The zero-order chi connectivity index (χ0) is 16.6. The Bertz CT molecular complexity index is 938. The predicted octanol–water partition coefficient (Wildman–Crippen LogP) is 3.52. The third-order valence-corrected chi connectivity index (χ3v) is 5.91. The SMILES string of the molecule is Cc1cc(C)cc(NS(=O)(=O)c2cc(-c3nnc(C)o3)cs2)c1. The molecule has 0 aliphatic rings. The summed E-state index contributed by atoms with van der Waals surface area (Å²) in [6.45, 7) is 5.53. The Morgan fingerprint density at radius 1 is 1.04 bits per heavy atom. The van der Waals surface area contributed by atoms with Crippen molar-refractivity contribution in [2.75, 3.05) is 4.72 Å². The second kappa shape index (κ2) is 5.78. The van der Waals surface area contributed by atoms with Crippen molar-refractivity contribution in [1.82, 2.24) is 10.2 Å². The quantitative estimate of drug-likeness (QED) is 0.779. The molecule has 0 bridgehead atoms. The molecule has 2 heterocycles. The summed E-state index contributed by atoms with van der Waals surface area (Å²) in [5.41, 5.74) is 3.13. The van der Waals surface area contributed by atoms with E-state index in [1.165, 1.54) is 6.07 Å². The van der Waals surface area contributed by atoms with Crippen molar-refractivity contribution in [2.45, 2.75) is 25.0 Å². The van der Waals surface area contributed by atoms with Gasteiger partial charge in [0.25, 0.3) is 10.0 Å². The van der Waals surface area contributed by atoms with Crippen LogP contribution in [0.25, 0.3) is 11.5 Å². The summed E-state index contributed by atoms with van der Waals surface area (Å²) in [5.74, 6) is 0.746. The largest absolute Gasteiger partial charge is 0.421 e. The number of hydrogen-bond acceptors (Lipinski definition) is 6. The number of sulfonamides is 1. The number of aromatic nitrogens is 2. The number of nitrogens with one attached hydrogen (secondary N) is 1. The molecular weight excluding hydrogens is 334 g/mol. The molecule has 0 saturated heterocycles. The first kappa shape index (κ1) is 15.7. The molecule has 0 aliphatic heterocycles. The van der Waals surface area contributed by atoms with Gasteiger partial charge in [0.15, 0.2) is 0 Å². The van der Waals surface area contributed by atoms with Crippen molar-refractivity contribution >= 4 is 27.0 Å². The Morgan fingerprint density at radius 2 is 1.74 bits per heavy atom. The molecule has 23 heavy (non-hydrogen) atoms. The van der Waals surface area contributed by atoms with Crippen LogP contribution in [0.3, 0.4) is 0 Å². The zero-order valence-electron chi connectivity index (χ0n) is 12.8. The third-order valence-electron chi connectivity index (χ3n) is 3.09. The summed E-state index contributed by atoms with van der Waals surface area (Å²) in [6, 6.07) is 7.10. The first-order valence-electron chi connectivity index (χ1n) is 6.83. The first-order valence-corrected chi connectivity index (χ1v) is 9.20. The Kier molecular flexibility index (Phi) is 3.95. The molecule has 0 aliphatic carbocycles. The highest BCUT2D eigenvalue weighted by molar-refractivity contribution is 7.94. The van der Waals surface area contributed by atoms with Gasteiger partial charge in [-0.05, 0) is 43.2 Å². The van der Waals surface area contributed by atoms with E-state index in [1.54, 1.807) is 24.4 Å². The molecule has 3 rings (SSSR count). The van der Waals surface area contributed by atoms with Crippen molar-refractivity contribution < 1.29 is 12.8 Å². The van der Waals surface area contributed by atoms with Crippen LogP contribution in [0.4, 0.5) is 5.69 Å². The highest BCUT2D eigenvalue weighted by Gasteiger charge is 2.19. The van der Waals surface area contributed by atoms with Crippen LogP contribution in [0, 0.1) is 20.8 Å². The highest BCUT2D eigenvalue weighted by atomic mass is 32.2. The Hall–Kier alpha value is -2.19. The van der Waals surface area contributed by atoms with Crippen molar-refractivity contribution in [1.29, 1.82) is 0 Å². The molecular formula is C15H15N3O3S2. The van der Waals surface area contributed by atoms with Crippen LogP contribution >= 0.6 is 11.3 Å². The van der Waals surface area contributed by atoms with Gasteiger partial charge in [0, 0.05) is 18.0 Å². The molecule has 1 N–H and O–H groups in total. The number of rotatable bonds is 4. The second-order valence-electron chi connectivity index (χ2n) is 5.26. The van der Waals surface area contributed by atoms with Crippen LogP contribution in [0.1, 0.15) is 17.0 Å². The number of nitrogens with zero attached hydrogens (tertiary/aromatic N) is 2. The molecule has 0 fully saturated rings. The highest BCUT2D eigenvalue weighted by Crippen LogP contribution is 2.29. The minimum Gasteiger partial charge on any atom is -0.421 e. The summed E-state index contributed by atoms with van der Waals surface area (Å²) in [5, 5.41) is 9.32. The average Bonchev–Trinajstić information content (AvgIpc) is 3.05. The van der Waals surface area contributed by atoms with Gasteiger partial charge >= 0.3 is 0 Å². The summed E-state index contributed by atoms with van der Waals surface area (Å²) < 4.78 is 33.1. The average molecular weight is 349 g/mol. The standard InChI is InChI=1S/C15H15N3O3S2/c1-9-4-10(2)6-13(5-9)18-23(19,20)14-7-12(8-22-14)15-17-16-11(3)21-15/h4-8,18H,1-3H3. The van der Waals surface area contributed by atoms with Gasteiger partial charge in [0.2, 0.25) is 11.8 Å². The molecule has 0 amide bonds. The van der Waals surface area contributed by atoms with Gasteiger partial charge in [-0.15, -0.1) is 21.5 Å². The van der Waals surface area contributed by atoms with Gasteiger partial charge < -0.3 is 4.42 Å². The van der Waals surface area contributed by atoms with Crippen LogP contribution in [-0.4, -0.2) is 18.6 Å².